The second kappa shape index (κ2) is 11.1. The number of urea groups is 1. The van der Waals surface area contributed by atoms with Crippen LogP contribution in [0, 0.1) is 5.82 Å². The van der Waals surface area contributed by atoms with Gasteiger partial charge in [0.25, 0.3) is 0 Å². The lowest BCUT2D eigenvalue weighted by Gasteiger charge is -2.40. The number of likely N-dealkylation sites (tertiary alicyclic amines) is 1. The Balaban J connectivity index is 1.04. The summed E-state index contributed by atoms with van der Waals surface area (Å²) >= 11 is 6.23. The molecule has 3 atom stereocenters. The fraction of sp³-hybridized carbons (Fsp3) is 0.419. The van der Waals surface area contributed by atoms with Gasteiger partial charge in [-0.25, -0.2) is 9.18 Å². The van der Waals surface area contributed by atoms with E-state index < -0.39 is 6.04 Å². The van der Waals surface area contributed by atoms with Gasteiger partial charge in [0.2, 0.25) is 5.91 Å². The van der Waals surface area contributed by atoms with Crippen LogP contribution in [0.3, 0.4) is 0 Å². The Labute approximate surface area is 233 Å². The number of amides is 3. The minimum absolute atomic E-state index is 0.110. The van der Waals surface area contributed by atoms with E-state index in [0.717, 1.165) is 55.0 Å². The minimum atomic E-state index is -0.453. The number of rotatable bonds is 6. The Morgan fingerprint density at radius 1 is 0.949 bits per heavy atom. The van der Waals surface area contributed by atoms with Crippen LogP contribution in [-0.2, 0) is 17.9 Å². The van der Waals surface area contributed by atoms with Gasteiger partial charge in [-0.15, -0.1) is 0 Å². The van der Waals surface area contributed by atoms with Gasteiger partial charge < -0.3 is 15.5 Å². The first-order valence-electron chi connectivity index (χ1n) is 14.0. The highest BCUT2D eigenvalue weighted by Gasteiger charge is 2.42. The average Bonchev–Trinajstić information content (AvgIpc) is 3.50. The Kier molecular flexibility index (Phi) is 7.45. The summed E-state index contributed by atoms with van der Waals surface area (Å²) in [7, 11) is 0. The standard InChI is InChI=1S/C31H34ClFN4O2/c32-28-5-2-1-4-23(28)18-34-30(38)29-6-3-13-36(29)31(39)35-25-16-26-11-12-27(17-25)37(26)19-20-7-8-22-15-24(33)10-9-21(22)14-20/h1-2,4-5,7-10,14-15,25-27,29H,3,6,11-13,16-19H2,(H,34,38)(H,35,39)/t25?,26?,27?,29-/m0/s1. The molecule has 3 aromatic carbocycles. The zero-order valence-corrected chi connectivity index (χ0v) is 22.7. The van der Waals surface area contributed by atoms with E-state index >= 15 is 0 Å². The van der Waals surface area contributed by atoms with Crippen LogP contribution in [0.15, 0.2) is 60.7 Å². The van der Waals surface area contributed by atoms with Crippen molar-refractivity contribution in [1.29, 1.82) is 0 Å². The molecule has 3 amide bonds. The second-order valence-corrected chi connectivity index (χ2v) is 11.6. The van der Waals surface area contributed by atoms with Gasteiger partial charge in [0.15, 0.2) is 0 Å². The number of hydrogen-bond donors (Lipinski definition) is 2. The molecule has 2 bridgehead atoms. The summed E-state index contributed by atoms with van der Waals surface area (Å²) in [6.45, 7) is 1.80. The topological polar surface area (TPSA) is 64.7 Å². The van der Waals surface area contributed by atoms with Crippen molar-refractivity contribution in [2.45, 2.75) is 75.8 Å². The second-order valence-electron chi connectivity index (χ2n) is 11.2. The highest BCUT2D eigenvalue weighted by atomic mass is 35.5. The number of hydrogen-bond acceptors (Lipinski definition) is 3. The molecular formula is C31H34ClFN4O2. The van der Waals surface area contributed by atoms with Crippen molar-refractivity contribution >= 4 is 34.3 Å². The summed E-state index contributed by atoms with van der Waals surface area (Å²) in [5.41, 5.74) is 2.09. The molecule has 3 heterocycles. The molecule has 6 rings (SSSR count). The molecule has 204 valence electrons. The maximum absolute atomic E-state index is 13.6. The van der Waals surface area contributed by atoms with Crippen LogP contribution in [0.4, 0.5) is 9.18 Å². The fourth-order valence-corrected chi connectivity index (χ4v) is 6.91. The van der Waals surface area contributed by atoms with Gasteiger partial charge in [-0.2, -0.15) is 0 Å². The first-order valence-corrected chi connectivity index (χ1v) is 14.3. The fourth-order valence-electron chi connectivity index (χ4n) is 6.71. The van der Waals surface area contributed by atoms with Gasteiger partial charge in [-0.05, 0) is 84.7 Å². The van der Waals surface area contributed by atoms with E-state index in [0.29, 0.717) is 36.6 Å². The van der Waals surface area contributed by atoms with E-state index in [-0.39, 0.29) is 23.8 Å². The Morgan fingerprint density at radius 3 is 2.49 bits per heavy atom. The molecule has 0 radical (unpaired) electrons. The maximum Gasteiger partial charge on any atom is 0.318 e. The molecule has 0 spiro atoms. The summed E-state index contributed by atoms with van der Waals surface area (Å²) in [5, 5.41) is 8.83. The van der Waals surface area contributed by atoms with E-state index in [1.54, 1.807) is 17.0 Å². The van der Waals surface area contributed by atoms with Crippen molar-refractivity contribution in [3.63, 3.8) is 0 Å². The Bertz CT molecular complexity index is 1370. The molecule has 3 fully saturated rings. The van der Waals surface area contributed by atoms with Gasteiger partial charge >= 0.3 is 6.03 Å². The molecular weight excluding hydrogens is 515 g/mol. The number of carbonyl (C=O) groups is 2. The molecule has 3 aromatic rings. The Morgan fingerprint density at radius 2 is 1.69 bits per heavy atom. The van der Waals surface area contributed by atoms with E-state index in [4.69, 9.17) is 11.6 Å². The number of fused-ring (bicyclic) bond motifs is 3. The minimum Gasteiger partial charge on any atom is -0.350 e. The van der Waals surface area contributed by atoms with Gasteiger partial charge in [-0.1, -0.05) is 48.0 Å². The van der Waals surface area contributed by atoms with Crippen molar-refractivity contribution in [3.05, 3.63) is 82.6 Å². The van der Waals surface area contributed by atoms with Crippen molar-refractivity contribution < 1.29 is 14.0 Å². The number of carbonyl (C=O) groups excluding carboxylic acids is 2. The number of nitrogens with one attached hydrogen (secondary N) is 2. The molecule has 39 heavy (non-hydrogen) atoms. The molecule has 2 unspecified atom stereocenters. The average molecular weight is 549 g/mol. The third-order valence-corrected chi connectivity index (χ3v) is 9.04. The lowest BCUT2D eigenvalue weighted by atomic mass is 9.96. The van der Waals surface area contributed by atoms with Crippen LogP contribution in [0.1, 0.15) is 49.7 Å². The van der Waals surface area contributed by atoms with Crippen LogP contribution in [0.25, 0.3) is 10.8 Å². The number of nitrogens with zero attached hydrogens (tertiary/aromatic N) is 2. The SMILES string of the molecule is O=C(NCc1ccccc1Cl)[C@@H]1CCCN1C(=O)NC1CC2CCC(C1)N2Cc1ccc2cc(F)ccc2c1. The van der Waals surface area contributed by atoms with Crippen LogP contribution in [0.2, 0.25) is 5.02 Å². The molecule has 0 aliphatic carbocycles. The number of benzene rings is 3. The normalized spacial score (nSPS) is 24.7. The molecule has 6 nitrogen and oxygen atoms in total. The third-order valence-electron chi connectivity index (χ3n) is 8.67. The molecule has 3 aliphatic rings. The summed E-state index contributed by atoms with van der Waals surface area (Å²) in [4.78, 5) is 30.5. The third kappa shape index (κ3) is 5.61. The first-order chi connectivity index (χ1) is 18.9. The summed E-state index contributed by atoms with van der Waals surface area (Å²) in [6, 6.07) is 19.0. The van der Waals surface area contributed by atoms with Crippen molar-refractivity contribution in [3.8, 4) is 0 Å². The molecule has 3 aliphatic heterocycles. The predicted octanol–water partition coefficient (Wildman–Crippen LogP) is 5.62. The first kappa shape index (κ1) is 26.1. The quantitative estimate of drug-likeness (QED) is 0.420. The summed E-state index contributed by atoms with van der Waals surface area (Å²) in [6.07, 6.45) is 5.58. The van der Waals surface area contributed by atoms with E-state index in [1.807, 2.05) is 30.3 Å². The molecule has 8 heteroatoms. The largest absolute Gasteiger partial charge is 0.350 e. The molecule has 3 saturated heterocycles. The number of piperidine rings is 1. The van der Waals surface area contributed by atoms with E-state index in [1.165, 1.54) is 11.6 Å². The summed E-state index contributed by atoms with van der Waals surface area (Å²) in [5.74, 6) is -0.342. The maximum atomic E-state index is 13.6. The zero-order valence-electron chi connectivity index (χ0n) is 21.9. The Hall–Kier alpha value is -3.16. The summed E-state index contributed by atoms with van der Waals surface area (Å²) < 4.78 is 13.6. The van der Waals surface area contributed by atoms with Gasteiger partial charge in [0, 0.05) is 42.8 Å². The van der Waals surface area contributed by atoms with Crippen LogP contribution >= 0.6 is 11.6 Å². The van der Waals surface area contributed by atoms with E-state index in [2.05, 4.69) is 27.7 Å². The van der Waals surface area contributed by atoms with Crippen LogP contribution < -0.4 is 10.6 Å². The lowest BCUT2D eigenvalue weighted by Crippen LogP contribution is -2.55. The van der Waals surface area contributed by atoms with Crippen molar-refractivity contribution in [2.24, 2.45) is 0 Å². The van der Waals surface area contributed by atoms with Gasteiger partial charge in [0.05, 0.1) is 0 Å². The van der Waals surface area contributed by atoms with Crippen LogP contribution in [0.5, 0.6) is 0 Å². The molecule has 0 aromatic heterocycles. The predicted molar refractivity (Wildman–Crippen MR) is 151 cm³/mol. The molecule has 0 saturated carbocycles. The highest BCUT2D eigenvalue weighted by molar-refractivity contribution is 6.31. The van der Waals surface area contributed by atoms with E-state index in [9.17, 15) is 14.0 Å². The van der Waals surface area contributed by atoms with Crippen molar-refractivity contribution in [1.82, 2.24) is 20.4 Å². The zero-order chi connectivity index (χ0) is 26.9. The van der Waals surface area contributed by atoms with Crippen LogP contribution in [-0.4, -0.2) is 52.5 Å². The van der Waals surface area contributed by atoms with Gasteiger partial charge in [0.1, 0.15) is 11.9 Å². The number of halogens is 2. The van der Waals surface area contributed by atoms with Crippen molar-refractivity contribution in [2.75, 3.05) is 6.54 Å². The lowest BCUT2D eigenvalue weighted by molar-refractivity contribution is -0.124. The smallest absolute Gasteiger partial charge is 0.318 e. The highest BCUT2D eigenvalue weighted by Crippen LogP contribution is 2.37. The van der Waals surface area contributed by atoms with Gasteiger partial charge in [-0.3, -0.25) is 9.69 Å². The monoisotopic (exact) mass is 548 g/mol. The molecule has 2 N–H and O–H groups in total.